The Morgan fingerprint density at radius 1 is 1.29 bits per heavy atom. The molecule has 2 aliphatic carbocycles. The molecule has 2 fully saturated rings. The molecule has 1 atom stereocenters. The molecule has 8 heteroatoms. The van der Waals surface area contributed by atoms with Gasteiger partial charge in [-0.25, -0.2) is 9.97 Å². The Hall–Kier alpha value is -3.00. The number of amides is 1. The second kappa shape index (κ2) is 8.01. The second-order valence-electron chi connectivity index (χ2n) is 10.4. The van der Waals surface area contributed by atoms with E-state index >= 15 is 0 Å². The van der Waals surface area contributed by atoms with Gasteiger partial charge in [0, 0.05) is 30.1 Å². The number of hydrogen-bond donors (Lipinski definition) is 1. The largest absolute Gasteiger partial charge is 0.492 e. The van der Waals surface area contributed by atoms with Crippen LogP contribution in [0.5, 0.6) is 5.75 Å². The number of aromatic nitrogens is 2. The fraction of sp³-hybridized carbons (Fsp3) is 0.481. The maximum absolute atomic E-state index is 13.3. The topological polar surface area (TPSA) is 79.7 Å². The first-order valence-corrected chi connectivity index (χ1v) is 13.5. The van der Waals surface area contributed by atoms with Crippen molar-refractivity contribution >= 4 is 45.2 Å². The number of aryl methyl sites for hydroxylation is 1. The first-order chi connectivity index (χ1) is 17.1. The lowest BCUT2D eigenvalue weighted by molar-refractivity contribution is -0.135. The predicted octanol–water partition coefficient (Wildman–Crippen LogP) is 4.88. The van der Waals surface area contributed by atoms with Crippen LogP contribution in [0.15, 0.2) is 23.5 Å². The van der Waals surface area contributed by atoms with E-state index in [1.54, 1.807) is 17.7 Å². The molecule has 1 amide bonds. The van der Waals surface area contributed by atoms with Crippen LogP contribution >= 0.6 is 11.3 Å². The number of aliphatic imine (C=N–C) groups is 1. The van der Waals surface area contributed by atoms with E-state index in [2.05, 4.69) is 37.3 Å². The SMILES string of the molecule is CCOc1cc2c(cc1Nc1ncnc3sc4c(c13)CCC(C(=O)N1CCC3(CC3)C1)C4)C=NC2. The lowest BCUT2D eigenvalue weighted by Crippen LogP contribution is -2.36. The molecule has 1 aromatic carbocycles. The fourth-order valence-electron chi connectivity index (χ4n) is 6.02. The zero-order valence-electron chi connectivity index (χ0n) is 20.0. The Labute approximate surface area is 208 Å². The lowest BCUT2D eigenvalue weighted by Gasteiger charge is -2.26. The van der Waals surface area contributed by atoms with Crippen molar-refractivity contribution in [2.24, 2.45) is 16.3 Å². The number of likely N-dealkylation sites (tertiary alicyclic amines) is 1. The van der Waals surface area contributed by atoms with Crippen molar-refractivity contribution in [3.8, 4) is 5.75 Å². The molecule has 1 N–H and O–H groups in total. The monoisotopic (exact) mass is 487 g/mol. The number of nitrogens with zero attached hydrogens (tertiary/aromatic N) is 4. The van der Waals surface area contributed by atoms with Gasteiger partial charge in [0.1, 0.15) is 22.7 Å². The number of carbonyl (C=O) groups excluding carboxylic acids is 1. The van der Waals surface area contributed by atoms with Crippen molar-refractivity contribution in [1.82, 2.24) is 14.9 Å². The first-order valence-electron chi connectivity index (χ1n) is 12.7. The Morgan fingerprint density at radius 2 is 2.20 bits per heavy atom. The number of carbonyl (C=O) groups is 1. The molecule has 2 aliphatic heterocycles. The number of anilines is 2. The zero-order valence-corrected chi connectivity index (χ0v) is 20.8. The van der Waals surface area contributed by atoms with Gasteiger partial charge in [-0.2, -0.15) is 0 Å². The molecular formula is C27H29N5O2S. The summed E-state index contributed by atoms with van der Waals surface area (Å²) in [5.41, 5.74) is 4.97. The van der Waals surface area contributed by atoms with Gasteiger partial charge in [-0.15, -0.1) is 11.3 Å². The number of hydrogen-bond acceptors (Lipinski definition) is 7. The van der Waals surface area contributed by atoms with E-state index in [-0.39, 0.29) is 5.92 Å². The summed E-state index contributed by atoms with van der Waals surface area (Å²) in [5.74, 6) is 2.08. The van der Waals surface area contributed by atoms with Crippen LogP contribution in [0.4, 0.5) is 11.5 Å². The minimum atomic E-state index is 0.0920. The molecule has 180 valence electrons. The third-order valence-corrected chi connectivity index (χ3v) is 9.35. The Bertz CT molecular complexity index is 1380. The van der Waals surface area contributed by atoms with Gasteiger partial charge in [-0.05, 0) is 79.7 Å². The van der Waals surface area contributed by atoms with Crippen molar-refractivity contribution in [2.75, 3.05) is 25.0 Å². The standard InChI is InChI=1S/C27H29N5O2S/c1-2-34-21-10-18-13-28-12-17(18)9-20(21)31-24-23-19-4-3-16(11-22(19)35-25(23)30-15-29-24)26(33)32-8-7-27(14-32)5-6-27/h9-10,12,15-16H,2-8,11,13-14H2,1H3,(H,29,30,31). The second-order valence-corrected chi connectivity index (χ2v) is 11.5. The Kier molecular flexibility index (Phi) is 4.88. The van der Waals surface area contributed by atoms with E-state index in [9.17, 15) is 4.79 Å². The van der Waals surface area contributed by atoms with Crippen molar-refractivity contribution in [2.45, 2.75) is 52.0 Å². The smallest absolute Gasteiger partial charge is 0.226 e. The maximum Gasteiger partial charge on any atom is 0.226 e. The minimum Gasteiger partial charge on any atom is -0.492 e. The summed E-state index contributed by atoms with van der Waals surface area (Å²) < 4.78 is 5.95. The molecule has 4 heterocycles. The third kappa shape index (κ3) is 3.61. The summed E-state index contributed by atoms with van der Waals surface area (Å²) in [6.45, 7) is 5.21. The van der Waals surface area contributed by atoms with Gasteiger partial charge < -0.3 is 15.0 Å². The summed E-state index contributed by atoms with van der Waals surface area (Å²) in [5, 5.41) is 4.65. The third-order valence-electron chi connectivity index (χ3n) is 8.19. The van der Waals surface area contributed by atoms with Gasteiger partial charge in [0.2, 0.25) is 5.91 Å². The van der Waals surface area contributed by atoms with Crippen LogP contribution in [-0.2, 0) is 24.2 Å². The van der Waals surface area contributed by atoms with Crippen LogP contribution in [0.25, 0.3) is 10.2 Å². The highest BCUT2D eigenvalue weighted by Gasteiger charge is 2.49. The molecule has 0 radical (unpaired) electrons. The molecular weight excluding hydrogens is 458 g/mol. The fourth-order valence-corrected chi connectivity index (χ4v) is 7.29. The van der Waals surface area contributed by atoms with Crippen molar-refractivity contribution in [1.29, 1.82) is 0 Å². The van der Waals surface area contributed by atoms with E-state index in [1.165, 1.54) is 35.3 Å². The average molecular weight is 488 g/mol. The van der Waals surface area contributed by atoms with Gasteiger partial charge in [-0.1, -0.05) is 0 Å². The minimum absolute atomic E-state index is 0.0920. The molecule has 35 heavy (non-hydrogen) atoms. The number of thiophene rings is 1. The maximum atomic E-state index is 13.3. The summed E-state index contributed by atoms with van der Waals surface area (Å²) in [6, 6.07) is 4.18. The molecule has 7 rings (SSSR count). The predicted molar refractivity (Wildman–Crippen MR) is 138 cm³/mol. The van der Waals surface area contributed by atoms with Gasteiger partial charge in [0.25, 0.3) is 0 Å². The summed E-state index contributed by atoms with van der Waals surface area (Å²) in [4.78, 5) is 31.4. The van der Waals surface area contributed by atoms with Crippen LogP contribution in [0, 0.1) is 11.3 Å². The number of fused-ring (bicyclic) bond motifs is 4. The Balaban J connectivity index is 1.18. The van der Waals surface area contributed by atoms with E-state index in [0.717, 1.165) is 65.4 Å². The zero-order chi connectivity index (χ0) is 23.6. The van der Waals surface area contributed by atoms with Crippen molar-refractivity contribution in [3.05, 3.63) is 40.0 Å². The van der Waals surface area contributed by atoms with E-state index in [4.69, 9.17) is 4.74 Å². The van der Waals surface area contributed by atoms with Crippen molar-refractivity contribution in [3.63, 3.8) is 0 Å². The van der Waals surface area contributed by atoms with E-state index in [0.29, 0.717) is 24.5 Å². The molecule has 1 spiro atoms. The average Bonchev–Trinajstić information content (AvgIpc) is 3.18. The molecule has 3 aromatic rings. The van der Waals surface area contributed by atoms with Crippen molar-refractivity contribution < 1.29 is 9.53 Å². The normalized spacial score (nSPS) is 21.4. The molecule has 7 nitrogen and oxygen atoms in total. The number of rotatable bonds is 5. The van der Waals surface area contributed by atoms with Crippen LogP contribution < -0.4 is 10.1 Å². The molecule has 0 bridgehead atoms. The quantitative estimate of drug-likeness (QED) is 0.555. The first kappa shape index (κ1) is 21.3. The summed E-state index contributed by atoms with van der Waals surface area (Å²) in [7, 11) is 0. The van der Waals surface area contributed by atoms with E-state index < -0.39 is 0 Å². The van der Waals surface area contributed by atoms with Gasteiger partial charge in [0.15, 0.2) is 0 Å². The highest BCUT2D eigenvalue weighted by atomic mass is 32.1. The molecule has 4 aliphatic rings. The van der Waals surface area contributed by atoms with Crippen LogP contribution in [0.2, 0.25) is 0 Å². The van der Waals surface area contributed by atoms with Gasteiger partial charge in [0.05, 0.1) is 24.2 Å². The highest BCUT2D eigenvalue weighted by molar-refractivity contribution is 7.19. The number of benzene rings is 1. The van der Waals surface area contributed by atoms with Gasteiger partial charge in [-0.3, -0.25) is 9.79 Å². The van der Waals surface area contributed by atoms with Gasteiger partial charge >= 0.3 is 0 Å². The van der Waals surface area contributed by atoms with Crippen LogP contribution in [0.1, 0.15) is 54.2 Å². The lowest BCUT2D eigenvalue weighted by atomic mass is 9.87. The molecule has 1 saturated carbocycles. The van der Waals surface area contributed by atoms with E-state index in [1.807, 2.05) is 13.1 Å². The highest BCUT2D eigenvalue weighted by Crippen LogP contribution is 2.53. The van der Waals surface area contributed by atoms with Crippen LogP contribution in [-0.4, -0.2) is 46.7 Å². The Morgan fingerprint density at radius 3 is 3.03 bits per heavy atom. The number of nitrogens with one attached hydrogen (secondary N) is 1. The molecule has 2 aromatic heterocycles. The number of ether oxygens (including phenoxy) is 1. The molecule has 1 unspecified atom stereocenters. The summed E-state index contributed by atoms with van der Waals surface area (Å²) in [6.07, 6.45) is 9.96. The molecule has 1 saturated heterocycles. The van der Waals surface area contributed by atoms with Crippen LogP contribution in [0.3, 0.4) is 0 Å². The summed E-state index contributed by atoms with van der Waals surface area (Å²) >= 11 is 1.72.